The lowest BCUT2D eigenvalue weighted by Gasteiger charge is -2.05. The van der Waals surface area contributed by atoms with Crippen molar-refractivity contribution in [2.75, 3.05) is 13.1 Å². The Balaban J connectivity index is 0.00000220. The van der Waals surface area contributed by atoms with Crippen LogP contribution in [0.15, 0.2) is 47.8 Å². The average Bonchev–Trinajstić information content (AvgIpc) is 2.98. The molecule has 0 saturated heterocycles. The number of aryl methyl sites for hydroxylation is 1. The standard InChI is InChI=1S/C14H20N6.HI/c15-14(17-8-3-11-20-12-4-9-19-20)18-10-6-13-5-1-2-7-16-13;/h1-2,4-5,7,9,12H,3,6,8,10-11H2,(H3,15,17,18);1H. The molecule has 6 nitrogen and oxygen atoms in total. The number of halogens is 1. The summed E-state index contributed by atoms with van der Waals surface area (Å²) in [6, 6.07) is 7.80. The Kier molecular flexibility index (Phi) is 8.41. The summed E-state index contributed by atoms with van der Waals surface area (Å²) in [5, 5.41) is 7.22. The summed E-state index contributed by atoms with van der Waals surface area (Å²) in [5.74, 6) is 0.487. The van der Waals surface area contributed by atoms with Crippen molar-refractivity contribution in [3.8, 4) is 0 Å². The van der Waals surface area contributed by atoms with Gasteiger partial charge in [-0.3, -0.25) is 14.7 Å². The molecule has 21 heavy (non-hydrogen) atoms. The number of nitrogens with zero attached hydrogens (tertiary/aromatic N) is 4. The van der Waals surface area contributed by atoms with Crippen LogP contribution in [0, 0.1) is 0 Å². The zero-order chi connectivity index (χ0) is 14.0. The zero-order valence-electron chi connectivity index (χ0n) is 11.9. The number of nitrogens with two attached hydrogens (primary N) is 1. The Hall–Kier alpha value is -1.64. The van der Waals surface area contributed by atoms with Gasteiger partial charge in [-0.1, -0.05) is 6.07 Å². The summed E-state index contributed by atoms with van der Waals surface area (Å²) in [6.07, 6.45) is 7.27. The number of rotatable bonds is 7. The second-order valence-electron chi connectivity index (χ2n) is 4.39. The number of guanidine groups is 1. The molecule has 0 fully saturated rings. The third-order valence-corrected chi connectivity index (χ3v) is 2.80. The van der Waals surface area contributed by atoms with E-state index < -0.39 is 0 Å². The van der Waals surface area contributed by atoms with Crippen LogP contribution in [0.4, 0.5) is 0 Å². The van der Waals surface area contributed by atoms with Crippen molar-refractivity contribution in [1.29, 1.82) is 0 Å². The van der Waals surface area contributed by atoms with Gasteiger partial charge >= 0.3 is 0 Å². The molecule has 7 heteroatoms. The van der Waals surface area contributed by atoms with Gasteiger partial charge in [-0.15, -0.1) is 24.0 Å². The van der Waals surface area contributed by atoms with E-state index in [1.807, 2.05) is 35.1 Å². The highest BCUT2D eigenvalue weighted by Crippen LogP contribution is 1.93. The first-order valence-corrected chi connectivity index (χ1v) is 6.76. The van der Waals surface area contributed by atoms with Crippen LogP contribution in [0.1, 0.15) is 12.1 Å². The smallest absolute Gasteiger partial charge is 0.188 e. The lowest BCUT2D eigenvalue weighted by Crippen LogP contribution is -2.33. The minimum atomic E-state index is 0. The van der Waals surface area contributed by atoms with E-state index in [1.54, 1.807) is 12.4 Å². The molecule has 0 aromatic carbocycles. The normalized spacial score (nSPS) is 11.0. The van der Waals surface area contributed by atoms with E-state index >= 15 is 0 Å². The molecule has 2 heterocycles. The molecule has 0 saturated carbocycles. The van der Waals surface area contributed by atoms with Crippen LogP contribution in [0.25, 0.3) is 0 Å². The van der Waals surface area contributed by atoms with Crippen LogP contribution < -0.4 is 11.1 Å². The Morgan fingerprint density at radius 1 is 1.29 bits per heavy atom. The molecule has 0 bridgehead atoms. The Bertz CT molecular complexity index is 512. The molecular formula is C14H21IN6. The maximum atomic E-state index is 5.79. The maximum absolute atomic E-state index is 5.79. The minimum Gasteiger partial charge on any atom is -0.370 e. The monoisotopic (exact) mass is 400 g/mol. The van der Waals surface area contributed by atoms with Gasteiger partial charge in [0.25, 0.3) is 0 Å². The fraction of sp³-hybridized carbons (Fsp3) is 0.357. The molecule has 3 N–H and O–H groups in total. The van der Waals surface area contributed by atoms with E-state index in [0.29, 0.717) is 12.5 Å². The quantitative estimate of drug-likeness (QED) is 0.319. The minimum absolute atomic E-state index is 0. The maximum Gasteiger partial charge on any atom is 0.188 e. The number of nitrogens with one attached hydrogen (secondary N) is 1. The molecular weight excluding hydrogens is 379 g/mol. The third-order valence-electron chi connectivity index (χ3n) is 2.80. The molecule has 0 unspecified atom stereocenters. The third kappa shape index (κ3) is 7.07. The van der Waals surface area contributed by atoms with E-state index in [1.165, 1.54) is 0 Å². The van der Waals surface area contributed by atoms with Crippen molar-refractivity contribution in [3.63, 3.8) is 0 Å². The summed E-state index contributed by atoms with van der Waals surface area (Å²) in [4.78, 5) is 8.53. The first-order valence-electron chi connectivity index (χ1n) is 6.76. The fourth-order valence-corrected chi connectivity index (χ4v) is 1.79. The molecule has 2 rings (SSSR count). The SMILES string of the molecule is I.NC(=NCCCn1cccn1)NCCc1ccccn1. The summed E-state index contributed by atoms with van der Waals surface area (Å²) in [5.41, 5.74) is 6.84. The first-order chi connectivity index (χ1) is 9.84. The topological polar surface area (TPSA) is 81.1 Å². The molecule has 0 atom stereocenters. The number of aromatic nitrogens is 3. The predicted octanol–water partition coefficient (Wildman–Crippen LogP) is 1.43. The van der Waals surface area contributed by atoms with E-state index in [9.17, 15) is 0 Å². The highest BCUT2D eigenvalue weighted by atomic mass is 127. The van der Waals surface area contributed by atoms with Gasteiger partial charge < -0.3 is 11.1 Å². The molecule has 0 amide bonds. The van der Waals surface area contributed by atoms with Gasteiger partial charge in [-0.05, 0) is 24.6 Å². The lowest BCUT2D eigenvalue weighted by molar-refractivity contribution is 0.584. The Labute approximate surface area is 141 Å². The van der Waals surface area contributed by atoms with Gasteiger partial charge in [0.05, 0.1) is 0 Å². The largest absolute Gasteiger partial charge is 0.370 e. The summed E-state index contributed by atoms with van der Waals surface area (Å²) in [6.45, 7) is 2.30. The summed E-state index contributed by atoms with van der Waals surface area (Å²) >= 11 is 0. The van der Waals surface area contributed by atoms with Crippen LogP contribution in [-0.4, -0.2) is 33.8 Å². The molecule has 0 aliphatic rings. The van der Waals surface area contributed by atoms with Gasteiger partial charge in [0.15, 0.2) is 5.96 Å². The van der Waals surface area contributed by atoms with Gasteiger partial charge in [0.1, 0.15) is 0 Å². The van der Waals surface area contributed by atoms with E-state index in [-0.39, 0.29) is 24.0 Å². The van der Waals surface area contributed by atoms with Crippen molar-refractivity contribution in [2.45, 2.75) is 19.4 Å². The number of hydrogen-bond donors (Lipinski definition) is 2. The van der Waals surface area contributed by atoms with E-state index in [0.717, 1.165) is 31.6 Å². The van der Waals surface area contributed by atoms with Crippen molar-refractivity contribution in [3.05, 3.63) is 48.5 Å². The fourth-order valence-electron chi connectivity index (χ4n) is 1.79. The average molecular weight is 400 g/mol. The van der Waals surface area contributed by atoms with Crippen LogP contribution in [0.3, 0.4) is 0 Å². The van der Waals surface area contributed by atoms with E-state index in [4.69, 9.17) is 5.73 Å². The molecule has 2 aromatic rings. The second-order valence-corrected chi connectivity index (χ2v) is 4.39. The molecule has 2 aromatic heterocycles. The number of pyridine rings is 1. The Morgan fingerprint density at radius 2 is 2.19 bits per heavy atom. The van der Waals surface area contributed by atoms with Gasteiger partial charge in [-0.2, -0.15) is 5.10 Å². The van der Waals surface area contributed by atoms with Crippen LogP contribution >= 0.6 is 24.0 Å². The van der Waals surface area contributed by atoms with Crippen molar-refractivity contribution >= 4 is 29.9 Å². The van der Waals surface area contributed by atoms with Crippen molar-refractivity contribution in [2.24, 2.45) is 10.7 Å². The molecule has 0 radical (unpaired) electrons. The Morgan fingerprint density at radius 3 is 2.90 bits per heavy atom. The number of aliphatic imine (C=N–C) groups is 1. The van der Waals surface area contributed by atoms with Gasteiger partial charge in [0, 0.05) is 50.3 Å². The highest BCUT2D eigenvalue weighted by Gasteiger charge is 1.95. The number of hydrogen-bond acceptors (Lipinski definition) is 3. The highest BCUT2D eigenvalue weighted by molar-refractivity contribution is 14.0. The van der Waals surface area contributed by atoms with Crippen molar-refractivity contribution in [1.82, 2.24) is 20.1 Å². The molecule has 0 aliphatic heterocycles. The molecule has 0 aliphatic carbocycles. The lowest BCUT2D eigenvalue weighted by atomic mass is 10.3. The van der Waals surface area contributed by atoms with Crippen molar-refractivity contribution < 1.29 is 0 Å². The van der Waals surface area contributed by atoms with E-state index in [2.05, 4.69) is 20.4 Å². The molecule has 0 spiro atoms. The second kappa shape index (κ2) is 10.1. The summed E-state index contributed by atoms with van der Waals surface area (Å²) in [7, 11) is 0. The predicted molar refractivity (Wildman–Crippen MR) is 94.7 cm³/mol. The van der Waals surface area contributed by atoms with Gasteiger partial charge in [-0.25, -0.2) is 0 Å². The molecule has 114 valence electrons. The zero-order valence-corrected chi connectivity index (χ0v) is 14.2. The first kappa shape index (κ1) is 17.4. The van der Waals surface area contributed by atoms with Crippen LogP contribution in [0.5, 0.6) is 0 Å². The van der Waals surface area contributed by atoms with Crippen LogP contribution in [0.2, 0.25) is 0 Å². The van der Waals surface area contributed by atoms with Gasteiger partial charge in [0.2, 0.25) is 0 Å². The summed E-state index contributed by atoms with van der Waals surface area (Å²) < 4.78 is 1.89. The van der Waals surface area contributed by atoms with Crippen LogP contribution in [-0.2, 0) is 13.0 Å².